The van der Waals surface area contributed by atoms with Crippen LogP contribution in [0.1, 0.15) is 48.0 Å². The molecule has 2 rings (SSSR count). The lowest BCUT2D eigenvalue weighted by Crippen LogP contribution is -2.50. The number of hydrogen-bond donors (Lipinski definition) is 0. The van der Waals surface area contributed by atoms with Crippen LogP contribution in [0.2, 0.25) is 18.1 Å². The Bertz CT molecular complexity index is 850. The number of rotatable bonds is 6. The predicted molar refractivity (Wildman–Crippen MR) is 122 cm³/mol. The van der Waals surface area contributed by atoms with Crippen LogP contribution >= 0.6 is 0 Å². The van der Waals surface area contributed by atoms with Gasteiger partial charge in [-0.3, -0.25) is 15.0 Å². The van der Waals surface area contributed by atoms with Crippen LogP contribution in [0.25, 0.3) is 0 Å². The van der Waals surface area contributed by atoms with Crippen LogP contribution in [0.3, 0.4) is 0 Å². The molecule has 1 aliphatic rings. The molecule has 2 unspecified atom stereocenters. The van der Waals surface area contributed by atoms with Gasteiger partial charge in [0.05, 0.1) is 29.7 Å². The Labute approximate surface area is 190 Å². The second-order valence-electron chi connectivity index (χ2n) is 10.7. The number of benzene rings is 1. The van der Waals surface area contributed by atoms with Crippen molar-refractivity contribution < 1.29 is 28.0 Å². The molecule has 1 aromatic rings. The van der Waals surface area contributed by atoms with E-state index in [-0.39, 0.29) is 17.4 Å². The molecule has 1 amide bonds. The van der Waals surface area contributed by atoms with E-state index in [1.807, 2.05) is 0 Å². The Kier molecular flexibility index (Phi) is 7.61. The first-order chi connectivity index (χ1) is 14.5. The molecule has 1 aromatic carbocycles. The number of nitrogens with zero attached hydrogens (tertiary/aromatic N) is 2. The molecule has 0 radical (unpaired) electrons. The molecule has 0 N–H and O–H groups in total. The van der Waals surface area contributed by atoms with E-state index >= 15 is 0 Å². The Morgan fingerprint density at radius 3 is 2.38 bits per heavy atom. The van der Waals surface area contributed by atoms with E-state index in [2.05, 4.69) is 33.9 Å². The molecule has 8 nitrogen and oxygen atoms in total. The number of ether oxygens (including phenoxy) is 2. The zero-order valence-corrected chi connectivity index (χ0v) is 21.2. The van der Waals surface area contributed by atoms with E-state index in [4.69, 9.17) is 13.9 Å². The van der Waals surface area contributed by atoms with Crippen molar-refractivity contribution in [3.8, 4) is 5.75 Å². The number of nitro groups is 1. The van der Waals surface area contributed by atoms with Crippen molar-refractivity contribution in [3.63, 3.8) is 0 Å². The van der Waals surface area contributed by atoms with Crippen LogP contribution in [0.4, 0.5) is 14.9 Å². The smallest absolute Gasteiger partial charge is 0.410 e. The minimum Gasteiger partial charge on any atom is -0.488 e. The normalized spacial score (nSPS) is 19.7. The van der Waals surface area contributed by atoms with Crippen molar-refractivity contribution in [1.82, 2.24) is 4.90 Å². The van der Waals surface area contributed by atoms with Crippen molar-refractivity contribution in [2.45, 2.75) is 83.8 Å². The van der Waals surface area contributed by atoms with Gasteiger partial charge in [0.1, 0.15) is 23.3 Å². The molecule has 0 aromatic heterocycles. The van der Waals surface area contributed by atoms with Crippen LogP contribution in [0.15, 0.2) is 18.2 Å². The molecule has 1 heterocycles. The van der Waals surface area contributed by atoms with Crippen molar-refractivity contribution in [1.29, 1.82) is 0 Å². The van der Waals surface area contributed by atoms with Gasteiger partial charge < -0.3 is 13.9 Å². The standard InChI is InChI=1S/C22H35FN2O6Si/c1-21(2,3)31-20(26)24-10-9-19(18(24)14-29-32(7,8)22(4,5)6)30-17-12-15(23)11-16(13-17)25(27)28/h11-13,18-19H,9-10,14H2,1-8H3. The third-order valence-electron chi connectivity index (χ3n) is 5.89. The summed E-state index contributed by atoms with van der Waals surface area (Å²) in [6, 6.07) is 2.66. The fourth-order valence-electron chi connectivity index (χ4n) is 3.11. The Morgan fingerprint density at radius 2 is 1.84 bits per heavy atom. The highest BCUT2D eigenvalue weighted by Crippen LogP contribution is 2.37. The number of hydrogen-bond acceptors (Lipinski definition) is 6. The fourth-order valence-corrected chi connectivity index (χ4v) is 4.13. The number of halogens is 1. The zero-order chi connectivity index (χ0) is 24.5. The highest BCUT2D eigenvalue weighted by molar-refractivity contribution is 6.74. The van der Waals surface area contributed by atoms with Crippen LogP contribution in [0.5, 0.6) is 5.75 Å². The number of non-ortho nitro benzene ring substituents is 1. The molecular weight excluding hydrogens is 435 g/mol. The maximum Gasteiger partial charge on any atom is 0.410 e. The van der Waals surface area contributed by atoms with Gasteiger partial charge in [0.2, 0.25) is 0 Å². The van der Waals surface area contributed by atoms with Crippen LogP contribution in [-0.4, -0.2) is 55.1 Å². The summed E-state index contributed by atoms with van der Waals surface area (Å²) in [5.41, 5.74) is -1.06. The fraction of sp³-hybridized carbons (Fsp3) is 0.682. The molecule has 10 heteroatoms. The Morgan fingerprint density at radius 1 is 1.22 bits per heavy atom. The van der Waals surface area contributed by atoms with Crippen molar-refractivity contribution >= 4 is 20.1 Å². The number of likely N-dealkylation sites (tertiary alicyclic amines) is 1. The van der Waals surface area contributed by atoms with Crippen LogP contribution in [0, 0.1) is 15.9 Å². The second-order valence-corrected chi connectivity index (χ2v) is 15.5. The lowest BCUT2D eigenvalue weighted by Gasteiger charge is -2.38. The molecule has 2 atom stereocenters. The summed E-state index contributed by atoms with van der Waals surface area (Å²) in [6.07, 6.45) is -0.527. The average Bonchev–Trinajstić information content (AvgIpc) is 2.99. The average molecular weight is 471 g/mol. The first-order valence-corrected chi connectivity index (χ1v) is 13.7. The maximum absolute atomic E-state index is 13.9. The largest absolute Gasteiger partial charge is 0.488 e. The first kappa shape index (κ1) is 26.1. The maximum atomic E-state index is 13.9. The number of amides is 1. The molecule has 0 bridgehead atoms. The van der Waals surface area contributed by atoms with Crippen molar-refractivity contribution in [3.05, 3.63) is 34.1 Å². The van der Waals surface area contributed by atoms with Gasteiger partial charge in [-0.1, -0.05) is 20.8 Å². The molecule has 0 aliphatic carbocycles. The molecule has 0 spiro atoms. The Hall–Kier alpha value is -2.20. The minimum atomic E-state index is -2.12. The van der Waals surface area contributed by atoms with E-state index in [9.17, 15) is 19.3 Å². The molecule has 1 saturated heterocycles. The summed E-state index contributed by atoms with van der Waals surface area (Å²) in [6.45, 7) is 16.6. The van der Waals surface area contributed by atoms with E-state index < -0.39 is 48.6 Å². The van der Waals surface area contributed by atoms with Gasteiger partial charge >= 0.3 is 6.09 Å². The minimum absolute atomic E-state index is 0.0259. The summed E-state index contributed by atoms with van der Waals surface area (Å²) in [5.74, 6) is -0.713. The highest BCUT2D eigenvalue weighted by Gasteiger charge is 2.44. The monoisotopic (exact) mass is 470 g/mol. The zero-order valence-electron chi connectivity index (χ0n) is 20.2. The summed E-state index contributed by atoms with van der Waals surface area (Å²) in [5, 5.41) is 11.1. The topological polar surface area (TPSA) is 91.1 Å². The number of carbonyl (C=O) groups excluding carboxylic acids is 1. The van der Waals surface area contributed by atoms with E-state index in [1.165, 1.54) is 6.07 Å². The van der Waals surface area contributed by atoms with Gasteiger partial charge in [0, 0.05) is 19.0 Å². The number of carbonyl (C=O) groups is 1. The molecule has 32 heavy (non-hydrogen) atoms. The van der Waals surface area contributed by atoms with Gasteiger partial charge in [-0.15, -0.1) is 0 Å². The first-order valence-electron chi connectivity index (χ1n) is 10.8. The summed E-state index contributed by atoms with van der Waals surface area (Å²) in [4.78, 5) is 24.8. The highest BCUT2D eigenvalue weighted by atomic mass is 28.4. The molecular formula is C22H35FN2O6Si. The lowest BCUT2D eigenvalue weighted by molar-refractivity contribution is -0.385. The molecule has 1 fully saturated rings. The van der Waals surface area contributed by atoms with E-state index in [0.717, 1.165) is 12.1 Å². The summed E-state index contributed by atoms with van der Waals surface area (Å²) in [7, 11) is -2.12. The van der Waals surface area contributed by atoms with Crippen molar-refractivity contribution in [2.24, 2.45) is 0 Å². The lowest BCUT2D eigenvalue weighted by atomic mass is 10.1. The van der Waals surface area contributed by atoms with Gasteiger partial charge in [0.25, 0.3) is 5.69 Å². The van der Waals surface area contributed by atoms with Gasteiger partial charge in [0.15, 0.2) is 8.32 Å². The SMILES string of the molecule is CC(C)(C)OC(=O)N1CCC(Oc2cc(F)cc([N+](=O)[O-])c2)C1CO[Si](C)(C)C(C)(C)C. The van der Waals surface area contributed by atoms with E-state index in [1.54, 1.807) is 25.7 Å². The van der Waals surface area contributed by atoms with Gasteiger partial charge in [-0.2, -0.15) is 0 Å². The summed E-state index contributed by atoms with van der Waals surface area (Å²) >= 11 is 0. The Balaban J connectivity index is 2.28. The van der Waals surface area contributed by atoms with Gasteiger partial charge in [-0.05, 0) is 38.9 Å². The molecule has 1 aliphatic heterocycles. The quantitative estimate of drug-likeness (QED) is 0.309. The van der Waals surface area contributed by atoms with Gasteiger partial charge in [-0.25, -0.2) is 9.18 Å². The third kappa shape index (κ3) is 6.65. The summed E-state index contributed by atoms with van der Waals surface area (Å²) < 4.78 is 31.8. The molecule has 0 saturated carbocycles. The number of nitro benzene ring substituents is 1. The van der Waals surface area contributed by atoms with Crippen molar-refractivity contribution in [2.75, 3.05) is 13.2 Å². The molecule has 180 valence electrons. The van der Waals surface area contributed by atoms with Crippen LogP contribution in [-0.2, 0) is 9.16 Å². The second kappa shape index (κ2) is 9.34. The van der Waals surface area contributed by atoms with Crippen LogP contribution < -0.4 is 4.74 Å². The van der Waals surface area contributed by atoms with E-state index in [0.29, 0.717) is 13.0 Å². The third-order valence-corrected chi connectivity index (χ3v) is 10.4. The predicted octanol–water partition coefficient (Wildman–Crippen LogP) is 5.51.